The zero-order chi connectivity index (χ0) is 29.4. The van der Waals surface area contributed by atoms with Crippen LogP contribution in [0.15, 0.2) is 115 Å². The fourth-order valence-electron chi connectivity index (χ4n) is 4.88. The Bertz CT molecular complexity index is 1660. The van der Waals surface area contributed by atoms with Crippen molar-refractivity contribution in [3.05, 3.63) is 148 Å². The molecule has 0 bridgehead atoms. The van der Waals surface area contributed by atoms with Gasteiger partial charge in [-0.3, -0.25) is 0 Å². The molecule has 1 aromatic heterocycles. The molecule has 0 saturated heterocycles. The number of hydrogen-bond acceptors (Lipinski definition) is 2. The largest absolute Gasteiger partial charge is 0.244 e. The zero-order valence-corrected chi connectivity index (χ0v) is 25.2. The van der Waals surface area contributed by atoms with Crippen molar-refractivity contribution in [2.75, 3.05) is 0 Å². The van der Waals surface area contributed by atoms with Gasteiger partial charge in [0.25, 0.3) is 0 Å². The topological polar surface area (TPSA) is 25.8 Å². The third kappa shape index (κ3) is 7.15. The zero-order valence-electron chi connectivity index (χ0n) is 25.2. The summed E-state index contributed by atoms with van der Waals surface area (Å²) in [7, 11) is 0. The van der Waals surface area contributed by atoms with Gasteiger partial charge in [0.05, 0.1) is 22.8 Å². The van der Waals surface area contributed by atoms with Gasteiger partial charge >= 0.3 is 0 Å². The molecular weight excluding hydrogens is 496 g/mol. The molecular formula is C39H40N2. The van der Waals surface area contributed by atoms with Crippen LogP contribution in [0.1, 0.15) is 60.8 Å². The van der Waals surface area contributed by atoms with E-state index in [1.165, 1.54) is 16.7 Å². The van der Waals surface area contributed by atoms with Crippen LogP contribution in [0.5, 0.6) is 0 Å². The molecule has 0 atom stereocenters. The van der Waals surface area contributed by atoms with E-state index in [1.54, 1.807) is 0 Å². The van der Waals surface area contributed by atoms with Crippen molar-refractivity contribution in [1.82, 2.24) is 9.97 Å². The molecule has 2 nitrogen and oxygen atoms in total. The Morgan fingerprint density at radius 1 is 0.805 bits per heavy atom. The van der Waals surface area contributed by atoms with Crippen LogP contribution in [0.4, 0.5) is 0 Å². The predicted octanol–water partition coefficient (Wildman–Crippen LogP) is 10.8. The summed E-state index contributed by atoms with van der Waals surface area (Å²) in [5.41, 5.74) is 13.7. The number of allylic oxidation sites excluding steroid dienone is 7. The van der Waals surface area contributed by atoms with E-state index in [0.29, 0.717) is 0 Å². The lowest BCUT2D eigenvalue weighted by atomic mass is 9.95. The first-order chi connectivity index (χ1) is 19.8. The summed E-state index contributed by atoms with van der Waals surface area (Å²) < 4.78 is 0. The summed E-state index contributed by atoms with van der Waals surface area (Å²) in [4.78, 5) is 10.8. The molecule has 4 rings (SSSR count). The van der Waals surface area contributed by atoms with Gasteiger partial charge in [-0.25, -0.2) is 9.97 Å². The first-order valence-electron chi connectivity index (χ1n) is 14.2. The highest BCUT2D eigenvalue weighted by molar-refractivity contribution is 5.86. The minimum absolute atomic E-state index is 0.835. The third-order valence-corrected chi connectivity index (χ3v) is 7.42. The molecule has 0 amide bonds. The van der Waals surface area contributed by atoms with Gasteiger partial charge in [-0.2, -0.15) is 0 Å². The highest BCUT2D eigenvalue weighted by Gasteiger charge is 2.18. The van der Waals surface area contributed by atoms with E-state index in [-0.39, 0.29) is 0 Å². The van der Waals surface area contributed by atoms with Crippen LogP contribution in [0.25, 0.3) is 40.2 Å². The Hall–Kier alpha value is -4.56. The molecule has 2 heteroatoms. The standard InChI is InChI=1S/C39H40N2/c1-8-10-12-19-32(9-2)29(5)25-36-37(26-30(6)33-20-13-11-14-21-33)41-39(35-23-16-18-28(4)31(35)7)38(40-36)34-22-15-17-27(3)24-34/h8-11,13-26H,2,12H2,1,3-7H3/b10-8-,29-25+,30-26+,32-19?. The Balaban J connectivity index is 2.04. The van der Waals surface area contributed by atoms with E-state index in [2.05, 4.69) is 138 Å². The van der Waals surface area contributed by atoms with Crippen LogP contribution < -0.4 is 0 Å². The van der Waals surface area contributed by atoms with Gasteiger partial charge in [-0.05, 0) is 99.6 Å². The molecule has 0 aliphatic heterocycles. The quantitative estimate of drug-likeness (QED) is 0.157. The molecule has 0 aliphatic carbocycles. The van der Waals surface area contributed by atoms with E-state index >= 15 is 0 Å². The number of benzene rings is 3. The van der Waals surface area contributed by atoms with Crippen molar-refractivity contribution < 1.29 is 0 Å². The van der Waals surface area contributed by atoms with E-state index in [0.717, 1.165) is 62.6 Å². The highest BCUT2D eigenvalue weighted by atomic mass is 14.8. The SMILES string of the molecule is C=CC(=CC/C=C\C)/C(C)=C/c1nc(-c2cccc(C)c2)c(-c2cccc(C)c2C)nc1/C=C(\C)c1ccccc1. The van der Waals surface area contributed by atoms with Gasteiger partial charge in [-0.1, -0.05) is 103 Å². The molecule has 41 heavy (non-hydrogen) atoms. The average molecular weight is 537 g/mol. The number of aryl methyl sites for hydroxylation is 2. The van der Waals surface area contributed by atoms with E-state index in [4.69, 9.17) is 9.97 Å². The first-order valence-corrected chi connectivity index (χ1v) is 14.2. The van der Waals surface area contributed by atoms with Gasteiger partial charge in [0.2, 0.25) is 0 Å². The molecule has 3 aromatic carbocycles. The summed E-state index contributed by atoms with van der Waals surface area (Å²) >= 11 is 0. The normalized spacial score (nSPS) is 12.7. The van der Waals surface area contributed by atoms with Crippen LogP contribution in [-0.4, -0.2) is 9.97 Å². The molecule has 0 aliphatic rings. The number of aromatic nitrogens is 2. The van der Waals surface area contributed by atoms with Crippen molar-refractivity contribution in [3.8, 4) is 22.5 Å². The van der Waals surface area contributed by atoms with Crippen LogP contribution in [0, 0.1) is 20.8 Å². The van der Waals surface area contributed by atoms with Gasteiger partial charge in [-0.15, -0.1) is 0 Å². The Morgan fingerprint density at radius 2 is 1.51 bits per heavy atom. The lowest BCUT2D eigenvalue weighted by Crippen LogP contribution is -2.03. The molecule has 0 N–H and O–H groups in total. The number of nitrogens with zero attached hydrogens (tertiary/aromatic N) is 2. The van der Waals surface area contributed by atoms with Gasteiger partial charge in [0.1, 0.15) is 0 Å². The summed E-state index contributed by atoms with van der Waals surface area (Å²) in [5, 5.41) is 0. The predicted molar refractivity (Wildman–Crippen MR) is 178 cm³/mol. The fraction of sp³-hybridized carbons (Fsp3) is 0.179. The van der Waals surface area contributed by atoms with Crippen molar-refractivity contribution in [2.45, 2.75) is 48.0 Å². The summed E-state index contributed by atoms with van der Waals surface area (Å²) in [6.45, 7) is 16.8. The average Bonchev–Trinajstić information content (AvgIpc) is 2.98. The molecule has 206 valence electrons. The first kappa shape index (κ1) is 29.4. The molecule has 0 saturated carbocycles. The second-order valence-electron chi connectivity index (χ2n) is 10.5. The van der Waals surface area contributed by atoms with Crippen LogP contribution in [-0.2, 0) is 0 Å². The maximum Gasteiger partial charge on any atom is 0.0975 e. The van der Waals surface area contributed by atoms with E-state index < -0.39 is 0 Å². The Morgan fingerprint density at radius 3 is 2.22 bits per heavy atom. The second kappa shape index (κ2) is 13.7. The molecule has 0 radical (unpaired) electrons. The lowest BCUT2D eigenvalue weighted by Gasteiger charge is -2.16. The van der Waals surface area contributed by atoms with Crippen molar-refractivity contribution in [1.29, 1.82) is 0 Å². The number of rotatable bonds is 9. The van der Waals surface area contributed by atoms with Crippen molar-refractivity contribution >= 4 is 17.7 Å². The molecule has 0 fully saturated rings. The Kier molecular flexibility index (Phi) is 9.81. The van der Waals surface area contributed by atoms with Crippen LogP contribution >= 0.6 is 0 Å². The summed E-state index contributed by atoms with van der Waals surface area (Å²) in [5.74, 6) is 0. The lowest BCUT2D eigenvalue weighted by molar-refractivity contribution is 1.15. The van der Waals surface area contributed by atoms with Gasteiger partial charge in [0.15, 0.2) is 0 Å². The second-order valence-corrected chi connectivity index (χ2v) is 10.5. The van der Waals surface area contributed by atoms with Crippen molar-refractivity contribution in [2.24, 2.45) is 0 Å². The van der Waals surface area contributed by atoms with Crippen LogP contribution in [0.3, 0.4) is 0 Å². The molecule has 4 aromatic rings. The van der Waals surface area contributed by atoms with E-state index in [1.807, 2.05) is 19.1 Å². The summed E-state index contributed by atoms with van der Waals surface area (Å²) in [6.07, 6.45) is 13.5. The third-order valence-electron chi connectivity index (χ3n) is 7.42. The highest BCUT2D eigenvalue weighted by Crippen LogP contribution is 2.35. The maximum atomic E-state index is 5.39. The Labute approximate surface area is 246 Å². The fourth-order valence-corrected chi connectivity index (χ4v) is 4.88. The molecule has 0 spiro atoms. The minimum Gasteiger partial charge on any atom is -0.244 e. The van der Waals surface area contributed by atoms with Crippen LogP contribution in [0.2, 0.25) is 0 Å². The maximum absolute atomic E-state index is 5.39. The minimum atomic E-state index is 0.835. The monoisotopic (exact) mass is 536 g/mol. The number of hydrogen-bond donors (Lipinski definition) is 0. The summed E-state index contributed by atoms with van der Waals surface area (Å²) in [6, 6.07) is 25.4. The van der Waals surface area contributed by atoms with E-state index in [9.17, 15) is 0 Å². The van der Waals surface area contributed by atoms with Gasteiger partial charge < -0.3 is 0 Å². The molecule has 1 heterocycles. The smallest absolute Gasteiger partial charge is 0.0975 e. The van der Waals surface area contributed by atoms with Crippen molar-refractivity contribution in [3.63, 3.8) is 0 Å². The van der Waals surface area contributed by atoms with Gasteiger partial charge in [0, 0.05) is 11.1 Å². The molecule has 0 unspecified atom stereocenters.